The molecule has 3 rings (SSSR count). The first-order valence-electron chi connectivity index (χ1n) is 8.15. The van der Waals surface area contributed by atoms with Crippen LogP contribution in [0.25, 0.3) is 0 Å². The van der Waals surface area contributed by atoms with Crippen molar-refractivity contribution in [1.82, 2.24) is 10.2 Å². The molecule has 0 aliphatic rings. The van der Waals surface area contributed by atoms with Gasteiger partial charge in [-0.2, -0.15) is 0 Å². The molecule has 0 saturated heterocycles. The third kappa shape index (κ3) is 4.64. The quantitative estimate of drug-likeness (QED) is 0.698. The lowest BCUT2D eigenvalue weighted by molar-refractivity contribution is 0.102. The van der Waals surface area contributed by atoms with Crippen molar-refractivity contribution < 1.29 is 9.53 Å². The Morgan fingerprint density at radius 1 is 1.08 bits per heavy atom. The molecule has 0 radical (unpaired) electrons. The summed E-state index contributed by atoms with van der Waals surface area (Å²) in [7, 11) is 0. The fourth-order valence-corrected chi connectivity index (χ4v) is 2.99. The minimum absolute atomic E-state index is 0.242. The third-order valence-electron chi connectivity index (χ3n) is 3.61. The molecule has 0 spiro atoms. The number of rotatable bonds is 7. The van der Waals surface area contributed by atoms with Crippen LogP contribution in [0.4, 0.5) is 5.13 Å². The maximum Gasteiger partial charge on any atom is 0.261 e. The summed E-state index contributed by atoms with van der Waals surface area (Å²) in [6, 6.07) is 17.3. The molecule has 1 aromatic heterocycles. The predicted octanol–water partition coefficient (Wildman–Crippen LogP) is 3.97. The Hall–Kier alpha value is -2.73. The van der Waals surface area contributed by atoms with Gasteiger partial charge in [-0.25, -0.2) is 0 Å². The monoisotopic (exact) mass is 353 g/mol. The minimum Gasteiger partial charge on any atom is -0.492 e. The first-order chi connectivity index (χ1) is 12.3. The Bertz CT molecular complexity index is 833. The highest BCUT2D eigenvalue weighted by atomic mass is 32.1. The molecule has 0 fully saturated rings. The van der Waals surface area contributed by atoms with E-state index in [-0.39, 0.29) is 5.91 Å². The van der Waals surface area contributed by atoms with Crippen molar-refractivity contribution in [3.63, 3.8) is 0 Å². The van der Waals surface area contributed by atoms with Gasteiger partial charge in [-0.15, -0.1) is 10.2 Å². The van der Waals surface area contributed by atoms with E-state index in [0.29, 0.717) is 23.1 Å². The number of hydrogen-bond donors (Lipinski definition) is 1. The molecule has 0 atom stereocenters. The zero-order valence-electron chi connectivity index (χ0n) is 13.9. The molecule has 0 unspecified atom stereocenters. The van der Waals surface area contributed by atoms with Crippen molar-refractivity contribution in [1.29, 1.82) is 0 Å². The highest BCUT2D eigenvalue weighted by molar-refractivity contribution is 7.15. The Balaban J connectivity index is 1.64. The van der Waals surface area contributed by atoms with Crippen molar-refractivity contribution in [3.05, 3.63) is 70.7 Å². The second-order valence-corrected chi connectivity index (χ2v) is 6.45. The number of carbonyl (C=O) groups excluding carboxylic acids is 1. The molecule has 1 N–H and O–H groups in total. The van der Waals surface area contributed by atoms with E-state index in [4.69, 9.17) is 4.74 Å². The Morgan fingerprint density at radius 2 is 1.84 bits per heavy atom. The van der Waals surface area contributed by atoms with Gasteiger partial charge in [0.25, 0.3) is 5.91 Å². The standard InChI is InChI=1S/C19H19N3O2S/c1-2-17-21-22-19(25-17)20-18(23)15-10-6-7-11-16(15)24-13-12-14-8-4-3-5-9-14/h3-11H,2,12-13H2,1H3,(H,20,22,23). The maximum absolute atomic E-state index is 12.5. The van der Waals surface area contributed by atoms with Crippen molar-refractivity contribution in [3.8, 4) is 5.75 Å². The van der Waals surface area contributed by atoms with Gasteiger partial charge in [-0.1, -0.05) is 60.7 Å². The molecule has 0 aliphatic heterocycles. The number of hydrogen-bond acceptors (Lipinski definition) is 5. The van der Waals surface area contributed by atoms with E-state index in [9.17, 15) is 4.79 Å². The minimum atomic E-state index is -0.242. The fourth-order valence-electron chi connectivity index (χ4n) is 2.32. The number of aryl methyl sites for hydroxylation is 1. The maximum atomic E-state index is 12.5. The molecular formula is C19H19N3O2S. The van der Waals surface area contributed by atoms with Crippen molar-refractivity contribution >= 4 is 22.4 Å². The Labute approximate surface area is 150 Å². The van der Waals surface area contributed by atoms with Gasteiger partial charge in [0.2, 0.25) is 5.13 Å². The molecule has 128 valence electrons. The molecule has 2 aromatic carbocycles. The molecule has 6 heteroatoms. The van der Waals surface area contributed by atoms with Gasteiger partial charge in [0.05, 0.1) is 12.2 Å². The van der Waals surface area contributed by atoms with E-state index in [1.54, 1.807) is 12.1 Å². The summed E-state index contributed by atoms with van der Waals surface area (Å²) in [5, 5.41) is 12.2. The van der Waals surface area contributed by atoms with E-state index in [0.717, 1.165) is 17.8 Å². The van der Waals surface area contributed by atoms with Gasteiger partial charge in [-0.05, 0) is 24.1 Å². The summed E-state index contributed by atoms with van der Waals surface area (Å²) in [6.07, 6.45) is 1.58. The van der Waals surface area contributed by atoms with Crippen LogP contribution in [-0.4, -0.2) is 22.7 Å². The molecule has 1 amide bonds. The molecular weight excluding hydrogens is 334 g/mol. The molecule has 0 aliphatic carbocycles. The summed E-state index contributed by atoms with van der Waals surface area (Å²) < 4.78 is 5.83. The average molecular weight is 353 g/mol. The molecule has 3 aromatic rings. The molecule has 1 heterocycles. The summed E-state index contributed by atoms with van der Waals surface area (Å²) in [5.41, 5.74) is 1.69. The SMILES string of the molecule is CCc1nnc(NC(=O)c2ccccc2OCCc2ccccc2)s1. The lowest BCUT2D eigenvalue weighted by Crippen LogP contribution is -2.14. The Kier molecular flexibility index (Phi) is 5.74. The number of nitrogens with one attached hydrogen (secondary N) is 1. The predicted molar refractivity (Wildman–Crippen MR) is 99.3 cm³/mol. The summed E-state index contributed by atoms with van der Waals surface area (Å²) in [4.78, 5) is 12.5. The van der Waals surface area contributed by atoms with Crippen molar-refractivity contribution in [2.45, 2.75) is 19.8 Å². The van der Waals surface area contributed by atoms with Crippen LogP contribution in [-0.2, 0) is 12.8 Å². The second kappa shape index (κ2) is 8.39. The Morgan fingerprint density at radius 3 is 2.60 bits per heavy atom. The molecule has 0 saturated carbocycles. The summed E-state index contributed by atoms with van der Waals surface area (Å²) >= 11 is 1.38. The fraction of sp³-hybridized carbons (Fsp3) is 0.211. The highest BCUT2D eigenvalue weighted by Gasteiger charge is 2.14. The first-order valence-corrected chi connectivity index (χ1v) is 8.97. The molecule has 5 nitrogen and oxygen atoms in total. The highest BCUT2D eigenvalue weighted by Crippen LogP contribution is 2.21. The first kappa shape index (κ1) is 17.1. The number of aromatic nitrogens is 2. The summed E-state index contributed by atoms with van der Waals surface area (Å²) in [6.45, 7) is 2.51. The van der Waals surface area contributed by atoms with Gasteiger partial charge >= 0.3 is 0 Å². The van der Waals surface area contributed by atoms with E-state index < -0.39 is 0 Å². The van der Waals surface area contributed by atoms with E-state index in [1.165, 1.54) is 16.9 Å². The van der Waals surface area contributed by atoms with Crippen LogP contribution in [0.1, 0.15) is 27.9 Å². The van der Waals surface area contributed by atoms with Gasteiger partial charge in [0, 0.05) is 6.42 Å². The number of amides is 1. The smallest absolute Gasteiger partial charge is 0.261 e. The third-order valence-corrected chi connectivity index (χ3v) is 4.60. The zero-order chi connectivity index (χ0) is 17.5. The molecule has 25 heavy (non-hydrogen) atoms. The average Bonchev–Trinajstić information content (AvgIpc) is 3.10. The van der Waals surface area contributed by atoms with Gasteiger partial charge in [0.15, 0.2) is 0 Å². The lowest BCUT2D eigenvalue weighted by Gasteiger charge is -2.10. The van der Waals surface area contributed by atoms with Crippen LogP contribution in [0.15, 0.2) is 54.6 Å². The van der Waals surface area contributed by atoms with Gasteiger partial charge in [0.1, 0.15) is 10.8 Å². The number of anilines is 1. The van der Waals surface area contributed by atoms with E-state index in [1.807, 2.05) is 37.3 Å². The zero-order valence-corrected chi connectivity index (χ0v) is 14.8. The van der Waals surface area contributed by atoms with Crippen molar-refractivity contribution in [2.24, 2.45) is 0 Å². The number of ether oxygens (including phenoxy) is 1. The van der Waals surface area contributed by atoms with E-state index in [2.05, 4.69) is 27.6 Å². The van der Waals surface area contributed by atoms with Crippen molar-refractivity contribution in [2.75, 3.05) is 11.9 Å². The van der Waals surface area contributed by atoms with E-state index >= 15 is 0 Å². The largest absolute Gasteiger partial charge is 0.492 e. The molecule has 0 bridgehead atoms. The van der Waals surface area contributed by atoms with Gasteiger partial charge < -0.3 is 4.74 Å². The summed E-state index contributed by atoms with van der Waals surface area (Å²) in [5.74, 6) is 0.324. The number of carbonyl (C=O) groups is 1. The van der Waals surface area contributed by atoms with Crippen LogP contribution >= 0.6 is 11.3 Å². The van der Waals surface area contributed by atoms with Crippen LogP contribution in [0, 0.1) is 0 Å². The van der Waals surface area contributed by atoms with Crippen LogP contribution in [0.5, 0.6) is 5.75 Å². The number of benzene rings is 2. The van der Waals surface area contributed by atoms with Gasteiger partial charge in [-0.3, -0.25) is 10.1 Å². The van der Waals surface area contributed by atoms with Crippen LogP contribution < -0.4 is 10.1 Å². The van der Waals surface area contributed by atoms with Crippen LogP contribution in [0.3, 0.4) is 0 Å². The second-order valence-electron chi connectivity index (χ2n) is 5.39. The lowest BCUT2D eigenvalue weighted by atomic mass is 10.1. The number of para-hydroxylation sites is 1. The topological polar surface area (TPSA) is 64.1 Å². The van der Waals surface area contributed by atoms with Crippen LogP contribution in [0.2, 0.25) is 0 Å². The number of nitrogens with zero attached hydrogens (tertiary/aromatic N) is 2. The normalized spacial score (nSPS) is 10.4.